The molecule has 0 saturated heterocycles. The molecule has 0 heterocycles. The maximum Gasteiger partial charge on any atom is 0.410 e. The standard InChI is InChI=1S/C33H47NO2/c1-9-10-22-33(8,31(2,3)4)28-20-21-29(23-28)34(30(35)36-32(5,6)7)24-25-16-18-27(19-17-25)26-14-12-11-13-15-26/h9,11-19,28-29H,1,10,20-24H2,2-8H3/t28?,29-,33?/m0/s1. The third-order valence-electron chi connectivity index (χ3n) is 8.37. The van der Waals surface area contributed by atoms with Crippen LogP contribution in [0.4, 0.5) is 4.79 Å². The molecule has 0 radical (unpaired) electrons. The van der Waals surface area contributed by atoms with E-state index in [1.54, 1.807) is 0 Å². The SMILES string of the molecule is C=CCCC(C)(C1CC[C@H](N(Cc2ccc(-c3ccccc3)cc2)C(=O)OC(C)(C)C)C1)C(C)(C)C. The van der Waals surface area contributed by atoms with Crippen LogP contribution in [-0.2, 0) is 11.3 Å². The molecule has 3 rings (SSSR count). The van der Waals surface area contributed by atoms with Crippen molar-refractivity contribution in [2.75, 3.05) is 0 Å². The second kappa shape index (κ2) is 11.2. The van der Waals surface area contributed by atoms with Gasteiger partial charge >= 0.3 is 6.09 Å². The summed E-state index contributed by atoms with van der Waals surface area (Å²) in [4.78, 5) is 15.5. The van der Waals surface area contributed by atoms with Crippen molar-refractivity contribution in [3.05, 3.63) is 72.8 Å². The van der Waals surface area contributed by atoms with E-state index in [0.717, 1.165) is 37.7 Å². The predicted molar refractivity (Wildman–Crippen MR) is 152 cm³/mol. The maximum atomic E-state index is 13.5. The molecule has 0 aliphatic heterocycles. The Morgan fingerprint density at radius 2 is 1.56 bits per heavy atom. The van der Waals surface area contributed by atoms with Crippen molar-refractivity contribution >= 4 is 6.09 Å². The minimum absolute atomic E-state index is 0.180. The number of hydrogen-bond acceptors (Lipinski definition) is 2. The van der Waals surface area contributed by atoms with Gasteiger partial charge in [-0.3, -0.25) is 0 Å². The summed E-state index contributed by atoms with van der Waals surface area (Å²) in [7, 11) is 0. The van der Waals surface area contributed by atoms with Crippen molar-refractivity contribution < 1.29 is 9.53 Å². The summed E-state index contributed by atoms with van der Waals surface area (Å²) < 4.78 is 5.90. The Hall–Kier alpha value is -2.55. The van der Waals surface area contributed by atoms with Gasteiger partial charge in [0.1, 0.15) is 5.60 Å². The minimum Gasteiger partial charge on any atom is -0.444 e. The third kappa shape index (κ3) is 6.81. The van der Waals surface area contributed by atoms with E-state index >= 15 is 0 Å². The van der Waals surface area contributed by atoms with E-state index < -0.39 is 5.60 Å². The molecular formula is C33H47NO2. The zero-order chi connectivity index (χ0) is 26.6. The lowest BCUT2D eigenvalue weighted by molar-refractivity contribution is 0.00653. The van der Waals surface area contributed by atoms with Gasteiger partial charge in [0.05, 0.1) is 0 Å². The summed E-state index contributed by atoms with van der Waals surface area (Å²) in [5.41, 5.74) is 3.37. The molecule has 36 heavy (non-hydrogen) atoms. The quantitative estimate of drug-likeness (QED) is 0.346. The van der Waals surface area contributed by atoms with Crippen molar-refractivity contribution in [3.8, 4) is 11.1 Å². The van der Waals surface area contributed by atoms with Gasteiger partial charge in [-0.1, -0.05) is 88.4 Å². The highest BCUT2D eigenvalue weighted by Gasteiger charge is 2.47. The topological polar surface area (TPSA) is 29.5 Å². The molecule has 0 N–H and O–H groups in total. The van der Waals surface area contributed by atoms with Crippen LogP contribution in [0.2, 0.25) is 0 Å². The van der Waals surface area contributed by atoms with Crippen molar-refractivity contribution in [2.45, 2.75) is 98.8 Å². The Morgan fingerprint density at radius 1 is 0.944 bits per heavy atom. The number of amides is 1. The number of hydrogen-bond donors (Lipinski definition) is 0. The molecule has 2 aromatic rings. The fourth-order valence-electron chi connectivity index (χ4n) is 5.71. The van der Waals surface area contributed by atoms with Crippen molar-refractivity contribution in [1.29, 1.82) is 0 Å². The molecule has 0 spiro atoms. The summed E-state index contributed by atoms with van der Waals surface area (Å²) in [6, 6.07) is 19.2. The van der Waals surface area contributed by atoms with E-state index in [1.807, 2.05) is 37.8 Å². The Labute approximate surface area is 219 Å². The van der Waals surface area contributed by atoms with E-state index in [-0.39, 0.29) is 23.0 Å². The van der Waals surface area contributed by atoms with Crippen LogP contribution in [0.15, 0.2) is 67.3 Å². The van der Waals surface area contributed by atoms with Gasteiger partial charge in [-0.05, 0) is 86.3 Å². The highest BCUT2D eigenvalue weighted by molar-refractivity contribution is 5.69. The maximum absolute atomic E-state index is 13.5. The van der Waals surface area contributed by atoms with Gasteiger partial charge in [0.15, 0.2) is 0 Å². The minimum atomic E-state index is -0.519. The molecule has 2 unspecified atom stereocenters. The summed E-state index contributed by atoms with van der Waals surface area (Å²) >= 11 is 0. The molecule has 1 aliphatic carbocycles. The van der Waals surface area contributed by atoms with Crippen LogP contribution in [-0.4, -0.2) is 22.6 Å². The lowest BCUT2D eigenvalue weighted by Gasteiger charge is -2.47. The molecule has 196 valence electrons. The van der Waals surface area contributed by atoms with Crippen LogP contribution < -0.4 is 0 Å². The molecule has 1 amide bonds. The van der Waals surface area contributed by atoms with Gasteiger partial charge in [-0.25, -0.2) is 4.79 Å². The monoisotopic (exact) mass is 489 g/mol. The van der Waals surface area contributed by atoms with Crippen LogP contribution in [0.5, 0.6) is 0 Å². The van der Waals surface area contributed by atoms with Crippen LogP contribution in [0.3, 0.4) is 0 Å². The van der Waals surface area contributed by atoms with Crippen LogP contribution in [0.1, 0.15) is 86.1 Å². The lowest BCUT2D eigenvalue weighted by Crippen LogP contribution is -2.43. The van der Waals surface area contributed by atoms with Gasteiger partial charge in [0.2, 0.25) is 0 Å². The lowest BCUT2D eigenvalue weighted by atomic mass is 9.58. The number of rotatable bonds is 8. The second-order valence-corrected chi connectivity index (χ2v) is 12.8. The van der Waals surface area contributed by atoms with Gasteiger partial charge in [0.25, 0.3) is 0 Å². The zero-order valence-corrected chi connectivity index (χ0v) is 23.6. The summed E-state index contributed by atoms with van der Waals surface area (Å²) in [6.07, 6.45) is 7.18. The smallest absolute Gasteiger partial charge is 0.410 e. The fourth-order valence-corrected chi connectivity index (χ4v) is 5.71. The van der Waals surface area contributed by atoms with Crippen LogP contribution >= 0.6 is 0 Å². The fraction of sp³-hybridized carbons (Fsp3) is 0.545. The summed E-state index contributed by atoms with van der Waals surface area (Å²) in [5.74, 6) is 0.563. The van der Waals surface area contributed by atoms with E-state index in [4.69, 9.17) is 4.74 Å². The number of carbonyl (C=O) groups excluding carboxylic acids is 1. The average molecular weight is 490 g/mol. The van der Waals surface area contributed by atoms with E-state index in [0.29, 0.717) is 12.5 Å². The first-order valence-electron chi connectivity index (χ1n) is 13.6. The first-order valence-corrected chi connectivity index (χ1v) is 13.6. The number of allylic oxidation sites excluding steroid dienone is 1. The average Bonchev–Trinajstić information content (AvgIpc) is 3.30. The molecular weight excluding hydrogens is 442 g/mol. The zero-order valence-electron chi connectivity index (χ0n) is 23.6. The molecule has 0 bridgehead atoms. The molecule has 2 aromatic carbocycles. The number of benzene rings is 2. The largest absolute Gasteiger partial charge is 0.444 e. The van der Waals surface area contributed by atoms with Crippen molar-refractivity contribution in [2.24, 2.45) is 16.7 Å². The van der Waals surface area contributed by atoms with Gasteiger partial charge in [-0.15, -0.1) is 6.58 Å². The molecule has 1 aliphatic rings. The third-order valence-corrected chi connectivity index (χ3v) is 8.37. The molecule has 3 heteroatoms. The molecule has 0 aromatic heterocycles. The first-order chi connectivity index (χ1) is 16.8. The normalized spacial score (nSPS) is 20.0. The Kier molecular flexibility index (Phi) is 8.75. The number of nitrogens with zero attached hydrogens (tertiary/aromatic N) is 1. The molecule has 3 atom stereocenters. The highest BCUT2D eigenvalue weighted by Crippen LogP contribution is 2.54. The van der Waals surface area contributed by atoms with Gasteiger partial charge in [0, 0.05) is 12.6 Å². The summed E-state index contributed by atoms with van der Waals surface area (Å²) in [5, 5.41) is 0. The summed E-state index contributed by atoms with van der Waals surface area (Å²) in [6.45, 7) is 19.9. The van der Waals surface area contributed by atoms with Gasteiger partial charge < -0.3 is 9.64 Å². The Bertz CT molecular complexity index is 997. The second-order valence-electron chi connectivity index (χ2n) is 12.8. The Balaban J connectivity index is 1.82. The molecule has 1 saturated carbocycles. The van der Waals surface area contributed by atoms with Crippen LogP contribution in [0.25, 0.3) is 11.1 Å². The van der Waals surface area contributed by atoms with Crippen molar-refractivity contribution in [3.63, 3.8) is 0 Å². The first kappa shape index (κ1) is 28.0. The molecule has 1 fully saturated rings. The molecule has 3 nitrogen and oxygen atoms in total. The van der Waals surface area contributed by atoms with E-state index in [1.165, 1.54) is 11.1 Å². The number of ether oxygens (including phenoxy) is 1. The van der Waals surface area contributed by atoms with Crippen LogP contribution in [0, 0.1) is 16.7 Å². The Morgan fingerprint density at radius 3 is 2.11 bits per heavy atom. The highest BCUT2D eigenvalue weighted by atomic mass is 16.6. The number of carbonyl (C=O) groups is 1. The van der Waals surface area contributed by atoms with E-state index in [9.17, 15) is 4.79 Å². The van der Waals surface area contributed by atoms with E-state index in [2.05, 4.69) is 82.8 Å². The van der Waals surface area contributed by atoms with Crippen molar-refractivity contribution in [1.82, 2.24) is 4.90 Å². The predicted octanol–water partition coefficient (Wildman–Crippen LogP) is 9.28. The van der Waals surface area contributed by atoms with Gasteiger partial charge in [-0.2, -0.15) is 0 Å².